The Bertz CT molecular complexity index is 1140. The van der Waals surface area contributed by atoms with Crippen LogP contribution in [0.1, 0.15) is 100.0 Å². The average Bonchev–Trinajstić information content (AvgIpc) is 2.94. The van der Waals surface area contributed by atoms with E-state index in [1.807, 2.05) is 32.0 Å². The largest absolute Gasteiger partial charge is 0.493 e. The van der Waals surface area contributed by atoms with Crippen LogP contribution in [-0.2, 0) is 30.3 Å². The summed E-state index contributed by atoms with van der Waals surface area (Å²) in [6.45, 7) is 17.8. The lowest BCUT2D eigenvalue weighted by molar-refractivity contribution is -0.132. The number of rotatable bonds is 21. The number of carbonyl (C=O) groups is 4. The second kappa shape index (κ2) is 18.9. The summed E-state index contributed by atoms with van der Waals surface area (Å²) in [4.78, 5) is 52.0. The number of nitrogens with one attached hydrogen (secondary N) is 1. The van der Waals surface area contributed by atoms with Gasteiger partial charge in [0.15, 0.2) is 17.3 Å². The highest BCUT2D eigenvalue weighted by Gasteiger charge is 2.34. The van der Waals surface area contributed by atoms with E-state index in [-0.39, 0.29) is 42.2 Å². The van der Waals surface area contributed by atoms with Crippen molar-refractivity contribution in [2.75, 3.05) is 27.4 Å². The Balaban J connectivity index is 3.27. The lowest BCUT2D eigenvalue weighted by Gasteiger charge is -2.29. The molecule has 3 atom stereocenters. The van der Waals surface area contributed by atoms with Crippen molar-refractivity contribution in [3.63, 3.8) is 0 Å². The first kappa shape index (κ1) is 40.9. The minimum Gasteiger partial charge on any atom is -0.493 e. The Kier molecular flexibility index (Phi) is 16.8. The SMILES string of the molecule is COCCCOc1cc(C[C@@H](C[C@H](NC(=O)OC(C)(C)C)C(=O)C[C@H](C(=O)CCC(C)(C)C(N)=O)C(C)C)C(C)C)ccc1OC. The van der Waals surface area contributed by atoms with E-state index < -0.39 is 35.0 Å². The molecule has 10 nitrogen and oxygen atoms in total. The second-order valence-electron chi connectivity index (χ2n) is 14.6. The van der Waals surface area contributed by atoms with Crippen LogP contribution in [0.4, 0.5) is 4.79 Å². The van der Waals surface area contributed by atoms with Gasteiger partial charge < -0.3 is 30.0 Å². The molecular weight excluding hydrogens is 588 g/mol. The normalized spacial score (nSPS) is 14.0. The number of alkyl carbamates (subject to hydrolysis) is 1. The molecule has 0 aliphatic carbocycles. The van der Waals surface area contributed by atoms with Crippen LogP contribution in [-0.4, -0.2) is 62.6 Å². The number of nitrogens with two attached hydrogens (primary N) is 1. The fourth-order valence-electron chi connectivity index (χ4n) is 5.09. The Hall–Kier alpha value is -3.14. The van der Waals surface area contributed by atoms with Crippen molar-refractivity contribution in [2.24, 2.45) is 34.8 Å². The Labute approximate surface area is 276 Å². The number of hydrogen-bond donors (Lipinski definition) is 2. The molecule has 0 radical (unpaired) electrons. The average molecular weight is 649 g/mol. The van der Waals surface area contributed by atoms with Crippen LogP contribution in [0.25, 0.3) is 0 Å². The van der Waals surface area contributed by atoms with Gasteiger partial charge in [-0.3, -0.25) is 14.4 Å². The van der Waals surface area contributed by atoms with Crippen LogP contribution in [0.3, 0.4) is 0 Å². The van der Waals surface area contributed by atoms with Gasteiger partial charge in [0, 0.05) is 44.3 Å². The van der Waals surface area contributed by atoms with Gasteiger partial charge in [-0.05, 0) is 75.5 Å². The summed E-state index contributed by atoms with van der Waals surface area (Å²) in [5.74, 6) is -0.0265. The van der Waals surface area contributed by atoms with Crippen molar-refractivity contribution in [1.82, 2.24) is 5.32 Å². The molecule has 0 spiro atoms. The number of amides is 2. The van der Waals surface area contributed by atoms with E-state index in [0.29, 0.717) is 44.0 Å². The Morgan fingerprint density at radius 2 is 1.54 bits per heavy atom. The number of methoxy groups -OCH3 is 2. The monoisotopic (exact) mass is 648 g/mol. The van der Waals surface area contributed by atoms with Gasteiger partial charge in [-0.2, -0.15) is 0 Å². The van der Waals surface area contributed by atoms with E-state index in [4.69, 9.17) is 24.7 Å². The van der Waals surface area contributed by atoms with E-state index in [2.05, 4.69) is 19.2 Å². The Morgan fingerprint density at radius 1 is 0.891 bits per heavy atom. The van der Waals surface area contributed by atoms with Crippen molar-refractivity contribution < 1.29 is 38.1 Å². The number of carbonyl (C=O) groups excluding carboxylic acids is 4. The van der Waals surface area contributed by atoms with Gasteiger partial charge in [0.1, 0.15) is 11.4 Å². The van der Waals surface area contributed by atoms with Crippen LogP contribution >= 0.6 is 0 Å². The van der Waals surface area contributed by atoms with E-state index >= 15 is 0 Å². The van der Waals surface area contributed by atoms with Crippen LogP contribution in [0.2, 0.25) is 0 Å². The smallest absolute Gasteiger partial charge is 0.408 e. The minimum absolute atomic E-state index is 0.00295. The summed E-state index contributed by atoms with van der Waals surface area (Å²) >= 11 is 0. The molecule has 1 aromatic carbocycles. The zero-order chi connectivity index (χ0) is 35.2. The molecule has 0 unspecified atom stereocenters. The highest BCUT2D eigenvalue weighted by molar-refractivity contribution is 5.92. The van der Waals surface area contributed by atoms with Gasteiger partial charge in [-0.15, -0.1) is 0 Å². The van der Waals surface area contributed by atoms with Gasteiger partial charge in [-0.1, -0.05) is 47.6 Å². The number of ketones is 2. The van der Waals surface area contributed by atoms with Gasteiger partial charge in [-0.25, -0.2) is 4.79 Å². The minimum atomic E-state index is -0.860. The molecule has 0 aromatic heterocycles. The lowest BCUT2D eigenvalue weighted by atomic mass is 9.78. The van der Waals surface area contributed by atoms with Gasteiger partial charge in [0.2, 0.25) is 5.91 Å². The first-order valence-corrected chi connectivity index (χ1v) is 16.4. The molecule has 0 aliphatic heterocycles. The van der Waals surface area contributed by atoms with E-state index in [1.165, 1.54) is 0 Å². The van der Waals surface area contributed by atoms with Crippen LogP contribution < -0.4 is 20.5 Å². The molecule has 0 fully saturated rings. The third-order valence-electron chi connectivity index (χ3n) is 8.34. The number of Topliss-reactive ketones (excluding diaryl/α,β-unsaturated/α-hetero) is 2. The van der Waals surface area contributed by atoms with Crippen molar-refractivity contribution in [3.05, 3.63) is 23.8 Å². The van der Waals surface area contributed by atoms with Crippen molar-refractivity contribution in [1.29, 1.82) is 0 Å². The lowest BCUT2D eigenvalue weighted by Crippen LogP contribution is -2.46. The summed E-state index contributed by atoms with van der Waals surface area (Å²) in [7, 11) is 3.25. The maximum atomic E-state index is 13.9. The highest BCUT2D eigenvalue weighted by atomic mass is 16.6. The zero-order valence-corrected chi connectivity index (χ0v) is 30.1. The number of benzene rings is 1. The number of primary amides is 1. The molecule has 2 amide bonds. The third kappa shape index (κ3) is 14.5. The second-order valence-corrected chi connectivity index (χ2v) is 14.6. The fraction of sp³-hybridized carbons (Fsp3) is 0.722. The first-order chi connectivity index (χ1) is 21.3. The molecule has 10 heteroatoms. The topological polar surface area (TPSA) is 143 Å². The van der Waals surface area contributed by atoms with Gasteiger partial charge in [0.05, 0.1) is 19.8 Å². The summed E-state index contributed by atoms with van der Waals surface area (Å²) in [6, 6.07) is 4.95. The molecule has 0 aliphatic rings. The maximum absolute atomic E-state index is 13.9. The van der Waals surface area contributed by atoms with Crippen molar-refractivity contribution in [2.45, 2.75) is 112 Å². The summed E-state index contributed by atoms with van der Waals surface area (Å²) < 4.78 is 22.1. The molecule has 0 saturated heterocycles. The summed E-state index contributed by atoms with van der Waals surface area (Å²) in [6.07, 6.45) is 1.46. The quantitative estimate of drug-likeness (QED) is 0.148. The molecule has 0 heterocycles. The van der Waals surface area contributed by atoms with E-state index in [0.717, 1.165) is 12.0 Å². The fourth-order valence-corrected chi connectivity index (χ4v) is 5.09. The van der Waals surface area contributed by atoms with Gasteiger partial charge in [0.25, 0.3) is 0 Å². The van der Waals surface area contributed by atoms with E-state index in [1.54, 1.807) is 48.8 Å². The third-order valence-corrected chi connectivity index (χ3v) is 8.34. The molecule has 3 N–H and O–H groups in total. The van der Waals surface area contributed by atoms with E-state index in [9.17, 15) is 19.2 Å². The van der Waals surface area contributed by atoms with Crippen molar-refractivity contribution in [3.8, 4) is 11.5 Å². The predicted molar refractivity (Wildman–Crippen MR) is 180 cm³/mol. The highest BCUT2D eigenvalue weighted by Crippen LogP contribution is 2.32. The molecule has 1 aromatic rings. The first-order valence-electron chi connectivity index (χ1n) is 16.4. The number of ether oxygens (including phenoxy) is 4. The number of hydrogen-bond acceptors (Lipinski definition) is 8. The van der Waals surface area contributed by atoms with Gasteiger partial charge >= 0.3 is 6.09 Å². The molecule has 1 rings (SSSR count). The van der Waals surface area contributed by atoms with Crippen molar-refractivity contribution >= 4 is 23.6 Å². The zero-order valence-electron chi connectivity index (χ0n) is 30.1. The summed E-state index contributed by atoms with van der Waals surface area (Å²) in [5.41, 5.74) is 4.94. The standard InChI is InChI=1S/C36H60N2O8/c1-23(2)26(19-25-13-14-31(44-11)32(20-25)45-18-12-17-43-10)21-28(38-34(42)46-35(5,6)7)30(40)22-27(24(3)4)29(39)15-16-36(8,9)33(37)41/h13-14,20,23-24,26-28H,12,15-19,21-22H2,1-11H3,(H2,37,41)(H,38,42)/t26-,27-,28-/m0/s1. The maximum Gasteiger partial charge on any atom is 0.408 e. The molecule has 0 saturated carbocycles. The van der Waals surface area contributed by atoms with Crippen LogP contribution in [0, 0.1) is 29.1 Å². The predicted octanol–water partition coefficient (Wildman–Crippen LogP) is 6.30. The van der Waals surface area contributed by atoms with Crippen LogP contribution in [0.5, 0.6) is 11.5 Å². The Morgan fingerprint density at radius 3 is 2.07 bits per heavy atom. The molecule has 46 heavy (non-hydrogen) atoms. The summed E-state index contributed by atoms with van der Waals surface area (Å²) in [5, 5.41) is 2.83. The molecular formula is C36H60N2O8. The van der Waals surface area contributed by atoms with Crippen LogP contribution in [0.15, 0.2) is 18.2 Å². The molecule has 0 bridgehead atoms. The molecule has 262 valence electrons.